The number of allylic oxidation sites excluding steroid dienone is 3. The van der Waals surface area contributed by atoms with E-state index in [0.29, 0.717) is 17.9 Å². The first kappa shape index (κ1) is 49.0. The van der Waals surface area contributed by atoms with Crippen LogP contribution in [0.15, 0.2) is 91.0 Å². The fourth-order valence-corrected chi connectivity index (χ4v) is 8.07. The summed E-state index contributed by atoms with van der Waals surface area (Å²) < 4.78 is 4.79. The van der Waals surface area contributed by atoms with Crippen molar-refractivity contribution in [3.8, 4) is 34.0 Å². The number of hydrogen-bond donors (Lipinski definition) is 2. The molecule has 0 radical (unpaired) electrons. The molecule has 57 heavy (non-hydrogen) atoms. The Labute approximate surface area is 362 Å². The van der Waals surface area contributed by atoms with Gasteiger partial charge in [-0.1, -0.05) is 128 Å². The van der Waals surface area contributed by atoms with Crippen LogP contribution in [-0.2, 0) is 56.2 Å². The van der Waals surface area contributed by atoms with E-state index in [0.717, 1.165) is 76.3 Å². The number of nitrogens with zero attached hydrogens (tertiary/aromatic N) is 2. The van der Waals surface area contributed by atoms with E-state index in [-0.39, 0.29) is 57.7 Å². The largest absolute Gasteiger partial charge is 0.693 e. The van der Waals surface area contributed by atoms with Crippen LogP contribution in [-0.4, -0.2) is 19.3 Å². The fourth-order valence-electron chi connectivity index (χ4n) is 8.07. The number of phenolic OH excluding ortho intramolecular Hbond substituents is 2. The van der Waals surface area contributed by atoms with Crippen molar-refractivity contribution in [3.05, 3.63) is 145 Å². The normalized spacial score (nSPS) is 11.8. The van der Waals surface area contributed by atoms with Crippen LogP contribution in [0.3, 0.4) is 0 Å². The van der Waals surface area contributed by atoms with Gasteiger partial charge in [-0.05, 0) is 84.9 Å². The van der Waals surface area contributed by atoms with Gasteiger partial charge in [-0.2, -0.15) is 0 Å². The van der Waals surface area contributed by atoms with Crippen LogP contribution in [0.1, 0.15) is 102 Å². The maximum Gasteiger partial charge on any atom is 0.128 e. The average molecular weight is 932 g/mol. The van der Waals surface area contributed by atoms with Gasteiger partial charge in [0.1, 0.15) is 11.5 Å². The van der Waals surface area contributed by atoms with Crippen LogP contribution in [0.2, 0.25) is 0 Å². The first-order valence-corrected chi connectivity index (χ1v) is 19.4. The Morgan fingerprint density at radius 3 is 1.54 bits per heavy atom. The van der Waals surface area contributed by atoms with Gasteiger partial charge in [0.25, 0.3) is 0 Å². The molecule has 0 saturated heterocycles. The predicted octanol–water partition coefficient (Wildman–Crippen LogP) is 14.8. The second-order valence-corrected chi connectivity index (χ2v) is 16.8. The molecular weight excluding hydrogens is 865 g/mol. The number of aromatic nitrogens is 2. The summed E-state index contributed by atoms with van der Waals surface area (Å²) in [7, 11) is 0. The molecule has 0 bridgehead atoms. The minimum absolute atomic E-state index is 0. The number of phenols is 2. The maximum atomic E-state index is 11.9. The van der Waals surface area contributed by atoms with Crippen LogP contribution in [0.4, 0.5) is 0 Å². The van der Waals surface area contributed by atoms with Crippen molar-refractivity contribution in [2.75, 3.05) is 0 Å². The van der Waals surface area contributed by atoms with Gasteiger partial charge in [0.05, 0.1) is 11.4 Å². The predicted molar refractivity (Wildman–Crippen MR) is 246 cm³/mol. The monoisotopic (exact) mass is 932 g/mol. The van der Waals surface area contributed by atoms with Crippen molar-refractivity contribution in [2.24, 2.45) is 0 Å². The average Bonchev–Trinajstić information content (AvgIpc) is 3.57. The third-order valence-electron chi connectivity index (χ3n) is 10.4. The molecule has 0 aliphatic heterocycles. The van der Waals surface area contributed by atoms with Gasteiger partial charge in [0.2, 0.25) is 0 Å². The van der Waals surface area contributed by atoms with Crippen LogP contribution in [0, 0.1) is 28.7 Å². The zero-order chi connectivity index (χ0) is 38.2. The number of aromatic hydroxyl groups is 2. The molecule has 2 aromatic heterocycles. The van der Waals surface area contributed by atoms with Gasteiger partial charge in [-0.25, -0.2) is 0 Å². The van der Waals surface area contributed by atoms with E-state index in [1.807, 2.05) is 0 Å². The Hall–Kier alpha value is -4.13. The van der Waals surface area contributed by atoms with Gasteiger partial charge in [-0.3, -0.25) is 0 Å². The smallest absolute Gasteiger partial charge is 0.128 e. The maximum absolute atomic E-state index is 11.9. The van der Waals surface area contributed by atoms with Crippen molar-refractivity contribution in [2.45, 2.75) is 112 Å². The third-order valence-corrected chi connectivity index (χ3v) is 10.4. The number of benzene rings is 4. The molecule has 6 aromatic rings. The molecule has 4 N–H and O–H groups in total. The van der Waals surface area contributed by atoms with Gasteiger partial charge in [0.15, 0.2) is 0 Å². The Morgan fingerprint density at radius 2 is 1.05 bits per heavy atom. The molecule has 6 rings (SSSR count). The molecule has 0 amide bonds. The number of para-hydroxylation sites is 2. The van der Waals surface area contributed by atoms with Gasteiger partial charge >= 0.3 is 0 Å². The number of aryl methyl sites for hydroxylation is 4. The van der Waals surface area contributed by atoms with E-state index in [2.05, 4.69) is 175 Å². The van der Waals surface area contributed by atoms with E-state index in [1.54, 1.807) is 0 Å². The second kappa shape index (κ2) is 19.5. The number of rotatable bonds is 10. The van der Waals surface area contributed by atoms with E-state index >= 15 is 0 Å². The van der Waals surface area contributed by atoms with Crippen LogP contribution in [0.25, 0.3) is 56.5 Å². The summed E-state index contributed by atoms with van der Waals surface area (Å²) in [4.78, 5) is 0. The van der Waals surface area contributed by atoms with Gasteiger partial charge in [0, 0.05) is 88.6 Å². The molecule has 0 saturated carbocycles. The Kier molecular flexibility index (Phi) is 16.8. The van der Waals surface area contributed by atoms with Crippen molar-refractivity contribution in [3.63, 3.8) is 0 Å². The molecular formula is C51H66HfN3O2-3. The zero-order valence-corrected chi connectivity index (χ0v) is 40.2. The Morgan fingerprint density at radius 1 is 0.614 bits per heavy atom. The summed E-state index contributed by atoms with van der Waals surface area (Å²) >= 11 is 0. The summed E-state index contributed by atoms with van der Waals surface area (Å²) in [5.41, 5.74) is 12.5. The van der Waals surface area contributed by atoms with E-state index in [4.69, 9.17) is 0 Å². The van der Waals surface area contributed by atoms with Crippen molar-refractivity contribution >= 4 is 27.9 Å². The van der Waals surface area contributed by atoms with Gasteiger partial charge < -0.3 is 40.4 Å². The minimum Gasteiger partial charge on any atom is -0.693 e. The SMILES string of the molecule is CCCn1c(-c2cc(C)cc(C(C)(C)C)c2O)c(/C=C/C=C\Cc2c(-c3cc(C)cc(C(C)(C)C)c3O)n(CCC)c3ccccc23)c2ccccc21.[CH3-].[CH3-].[Hf].[NH2-]. The molecule has 6 heteroatoms. The van der Waals surface area contributed by atoms with E-state index in [1.165, 1.54) is 27.4 Å². The van der Waals surface area contributed by atoms with Gasteiger partial charge in [-0.15, -0.1) is 0 Å². The van der Waals surface area contributed by atoms with Crippen LogP contribution < -0.4 is 0 Å². The zero-order valence-electron chi connectivity index (χ0n) is 36.6. The molecule has 0 fully saturated rings. The molecule has 0 aliphatic rings. The Bertz CT molecular complexity index is 2360. The topological polar surface area (TPSA) is 83.8 Å². The minimum atomic E-state index is -0.201. The Balaban J connectivity index is 0.00000280. The molecule has 304 valence electrons. The molecule has 2 heterocycles. The molecule has 0 unspecified atom stereocenters. The molecule has 0 aliphatic carbocycles. The fraction of sp³-hybridized carbons (Fsp3) is 0.333. The summed E-state index contributed by atoms with van der Waals surface area (Å²) in [6.07, 6.45) is 11.4. The number of fused-ring (bicyclic) bond motifs is 2. The van der Waals surface area contributed by atoms with Crippen molar-refractivity contribution in [1.82, 2.24) is 9.13 Å². The molecule has 0 atom stereocenters. The molecule has 0 spiro atoms. The van der Waals surface area contributed by atoms with Crippen LogP contribution >= 0.6 is 0 Å². The molecule has 5 nitrogen and oxygen atoms in total. The van der Waals surface area contributed by atoms with E-state index in [9.17, 15) is 10.2 Å². The third kappa shape index (κ3) is 9.61. The van der Waals surface area contributed by atoms with E-state index < -0.39 is 0 Å². The second-order valence-electron chi connectivity index (χ2n) is 16.8. The summed E-state index contributed by atoms with van der Waals surface area (Å²) in [6, 6.07) is 25.8. The first-order chi connectivity index (χ1) is 25.2. The summed E-state index contributed by atoms with van der Waals surface area (Å²) in [5, 5.41) is 26.1. The first-order valence-electron chi connectivity index (χ1n) is 19.4. The standard InChI is InChI=1S/C49H58N2O2.2CH3.Hf.H2N/c1-11-26-50-42-24-18-16-20-34(42)36(44(50)38-28-32(3)30-40(46(38)52)48(5,6)7)22-14-13-15-23-37-35-21-17-19-25-43(35)51(27-12-2)45(37)39-29-33(4)31-41(47(39)53)49(8,9)10;;;;/h13-22,24-25,28-31,52-53H,11-12,23,26-27H2,1-10H3;2*1H3;;1H2/q;2*-1;;-1/b15-13-,22-14+;;;;. The van der Waals surface area contributed by atoms with Crippen molar-refractivity contribution in [1.29, 1.82) is 0 Å². The number of hydrogen-bond acceptors (Lipinski definition) is 2. The van der Waals surface area contributed by atoms with Crippen molar-refractivity contribution < 1.29 is 36.1 Å². The summed E-state index contributed by atoms with van der Waals surface area (Å²) in [5.74, 6) is 0.733. The van der Waals surface area contributed by atoms with Crippen LogP contribution in [0.5, 0.6) is 11.5 Å². The summed E-state index contributed by atoms with van der Waals surface area (Å²) in [6.45, 7) is 23.4. The quantitative estimate of drug-likeness (QED) is 0.0815. The molecule has 4 aromatic carbocycles. The number of nitrogens with two attached hydrogens (primary N) is 1.